The van der Waals surface area contributed by atoms with Crippen molar-refractivity contribution in [3.05, 3.63) is 62.8 Å². The van der Waals surface area contributed by atoms with Gasteiger partial charge in [0.25, 0.3) is 0 Å². The van der Waals surface area contributed by atoms with Gasteiger partial charge in [-0.25, -0.2) is 4.98 Å². The van der Waals surface area contributed by atoms with Gasteiger partial charge in [-0.15, -0.1) is 0 Å². The van der Waals surface area contributed by atoms with E-state index >= 15 is 0 Å². The summed E-state index contributed by atoms with van der Waals surface area (Å²) in [6, 6.07) is 6.96. The molecule has 7 heteroatoms. The molecule has 1 aromatic carbocycles. The van der Waals surface area contributed by atoms with Crippen LogP contribution in [0.1, 0.15) is 5.69 Å². The summed E-state index contributed by atoms with van der Waals surface area (Å²) in [7, 11) is 0. The van der Waals surface area contributed by atoms with E-state index in [9.17, 15) is 10.1 Å². The predicted octanol–water partition coefficient (Wildman–Crippen LogP) is 3.43. The maximum Gasteiger partial charge on any atom is 0.236 e. The smallest absolute Gasteiger partial charge is 0.236 e. The summed E-state index contributed by atoms with van der Waals surface area (Å²) in [5, 5.41) is 11.1. The third-order valence-electron chi connectivity index (χ3n) is 2.22. The molecule has 0 amide bonds. The Morgan fingerprint density at radius 2 is 1.94 bits per heavy atom. The van der Waals surface area contributed by atoms with E-state index in [1.807, 2.05) is 0 Å². The zero-order chi connectivity index (χ0) is 13.1. The summed E-state index contributed by atoms with van der Waals surface area (Å²) in [5.41, 5.74) is 1.21. The minimum Gasteiger partial charge on any atom is -0.298 e. The number of imidazole rings is 1. The number of halogens is 2. The van der Waals surface area contributed by atoms with E-state index in [0.717, 1.165) is 11.9 Å². The van der Waals surface area contributed by atoms with E-state index in [2.05, 4.69) is 4.98 Å². The normalized spacial score (nSPS) is 11.0. The fraction of sp³-hybridized carbons (Fsp3) is 0. The van der Waals surface area contributed by atoms with E-state index < -0.39 is 4.92 Å². The first kappa shape index (κ1) is 12.6. The van der Waals surface area contributed by atoms with Gasteiger partial charge < -0.3 is 0 Å². The van der Waals surface area contributed by atoms with Crippen molar-refractivity contribution in [1.82, 2.24) is 9.55 Å². The minimum atomic E-state index is -0.560. The first-order valence-corrected chi connectivity index (χ1v) is 5.64. The number of hydrogen-bond acceptors (Lipinski definition) is 3. The number of hydrogen-bond donors (Lipinski definition) is 0. The SMILES string of the molecule is O=[N+]([O-])C=Cc1c(Cl)ncn1-c1ccc(Cl)cc1. The van der Waals surface area contributed by atoms with E-state index in [-0.39, 0.29) is 5.15 Å². The van der Waals surface area contributed by atoms with Gasteiger partial charge in [0.1, 0.15) is 6.33 Å². The number of benzene rings is 1. The highest BCUT2D eigenvalue weighted by Crippen LogP contribution is 2.21. The van der Waals surface area contributed by atoms with Crippen molar-refractivity contribution < 1.29 is 4.92 Å². The minimum absolute atomic E-state index is 0.197. The van der Waals surface area contributed by atoms with Crippen LogP contribution < -0.4 is 0 Å². The van der Waals surface area contributed by atoms with Crippen LogP contribution in [-0.2, 0) is 0 Å². The molecule has 0 aliphatic carbocycles. The van der Waals surface area contributed by atoms with E-state index in [4.69, 9.17) is 23.2 Å². The van der Waals surface area contributed by atoms with Crippen LogP contribution in [-0.4, -0.2) is 14.5 Å². The van der Waals surface area contributed by atoms with Crippen LogP contribution in [0.5, 0.6) is 0 Å². The highest BCUT2D eigenvalue weighted by molar-refractivity contribution is 6.31. The van der Waals surface area contributed by atoms with Crippen LogP contribution in [0.3, 0.4) is 0 Å². The van der Waals surface area contributed by atoms with Crippen molar-refractivity contribution in [3.63, 3.8) is 0 Å². The second-order valence-corrected chi connectivity index (χ2v) is 4.16. The van der Waals surface area contributed by atoms with Gasteiger partial charge in [0.15, 0.2) is 5.15 Å². The summed E-state index contributed by atoms with van der Waals surface area (Å²) in [6.07, 6.45) is 3.60. The number of rotatable bonds is 3. The molecule has 0 radical (unpaired) electrons. The highest BCUT2D eigenvalue weighted by Gasteiger charge is 2.09. The van der Waals surface area contributed by atoms with Crippen molar-refractivity contribution in [2.75, 3.05) is 0 Å². The summed E-state index contributed by atoms with van der Waals surface area (Å²) in [6.45, 7) is 0. The second kappa shape index (κ2) is 5.20. The third kappa shape index (κ3) is 2.69. The summed E-state index contributed by atoms with van der Waals surface area (Å²) >= 11 is 11.7. The van der Waals surface area contributed by atoms with Gasteiger partial charge in [-0.2, -0.15) is 0 Å². The maximum absolute atomic E-state index is 10.3. The molecule has 0 unspecified atom stereocenters. The third-order valence-corrected chi connectivity index (χ3v) is 2.76. The average molecular weight is 284 g/mol. The van der Waals surface area contributed by atoms with Crippen molar-refractivity contribution in [2.24, 2.45) is 0 Å². The molecule has 0 aliphatic rings. The average Bonchev–Trinajstić information content (AvgIpc) is 2.69. The molecule has 0 fully saturated rings. The molecule has 18 heavy (non-hydrogen) atoms. The Balaban J connectivity index is 2.45. The quantitative estimate of drug-likeness (QED) is 0.640. The summed E-state index contributed by atoms with van der Waals surface area (Å²) in [5.74, 6) is 0. The van der Waals surface area contributed by atoms with Crippen molar-refractivity contribution in [1.29, 1.82) is 0 Å². The van der Waals surface area contributed by atoms with Gasteiger partial charge in [-0.1, -0.05) is 23.2 Å². The maximum atomic E-state index is 10.3. The molecule has 0 saturated heterocycles. The van der Waals surface area contributed by atoms with Crippen LogP contribution in [0.15, 0.2) is 36.8 Å². The monoisotopic (exact) mass is 283 g/mol. The molecule has 0 N–H and O–H groups in total. The summed E-state index contributed by atoms with van der Waals surface area (Å²) < 4.78 is 1.64. The molecule has 92 valence electrons. The predicted molar refractivity (Wildman–Crippen MR) is 69.6 cm³/mol. The number of nitro groups is 1. The standard InChI is InChI=1S/C11H7Cl2N3O2/c12-8-1-3-9(4-2-8)15-7-14-11(13)10(15)5-6-16(17)18/h1-7H. The Kier molecular flexibility index (Phi) is 3.64. The Morgan fingerprint density at radius 1 is 1.28 bits per heavy atom. The van der Waals surface area contributed by atoms with Gasteiger partial charge in [0, 0.05) is 16.8 Å². The van der Waals surface area contributed by atoms with Crippen LogP contribution >= 0.6 is 23.2 Å². The molecular formula is C11H7Cl2N3O2. The zero-order valence-corrected chi connectivity index (χ0v) is 10.5. The number of nitrogens with zero attached hydrogens (tertiary/aromatic N) is 3. The molecule has 0 aliphatic heterocycles. The zero-order valence-electron chi connectivity index (χ0n) is 8.96. The fourth-order valence-electron chi connectivity index (χ4n) is 1.42. The Bertz CT molecular complexity index is 605. The van der Waals surface area contributed by atoms with Gasteiger partial charge in [0.05, 0.1) is 10.6 Å². The lowest BCUT2D eigenvalue weighted by atomic mass is 10.3. The largest absolute Gasteiger partial charge is 0.298 e. The molecule has 0 spiro atoms. The molecule has 2 rings (SSSR count). The molecule has 5 nitrogen and oxygen atoms in total. The van der Waals surface area contributed by atoms with Crippen LogP contribution in [0.25, 0.3) is 11.8 Å². The van der Waals surface area contributed by atoms with Gasteiger partial charge >= 0.3 is 0 Å². The van der Waals surface area contributed by atoms with Crippen molar-refractivity contribution in [2.45, 2.75) is 0 Å². The van der Waals surface area contributed by atoms with Crippen LogP contribution in [0, 0.1) is 10.1 Å². The van der Waals surface area contributed by atoms with Crippen LogP contribution in [0.4, 0.5) is 0 Å². The Labute approximate surface area is 112 Å². The molecule has 0 saturated carbocycles. The van der Waals surface area contributed by atoms with Crippen molar-refractivity contribution in [3.8, 4) is 5.69 Å². The van der Waals surface area contributed by atoms with Crippen LogP contribution in [0.2, 0.25) is 10.2 Å². The van der Waals surface area contributed by atoms with E-state index in [0.29, 0.717) is 10.7 Å². The second-order valence-electron chi connectivity index (χ2n) is 3.37. The first-order chi connectivity index (χ1) is 8.58. The number of aromatic nitrogens is 2. The molecule has 1 heterocycles. The molecular weight excluding hydrogens is 277 g/mol. The lowest BCUT2D eigenvalue weighted by Gasteiger charge is -2.04. The van der Waals surface area contributed by atoms with E-state index in [1.54, 1.807) is 28.8 Å². The van der Waals surface area contributed by atoms with Crippen molar-refractivity contribution >= 4 is 29.3 Å². The lowest BCUT2D eigenvalue weighted by Crippen LogP contribution is -1.95. The van der Waals surface area contributed by atoms with Gasteiger partial charge in [-0.3, -0.25) is 14.7 Å². The highest BCUT2D eigenvalue weighted by atomic mass is 35.5. The van der Waals surface area contributed by atoms with Gasteiger partial charge in [-0.05, 0) is 24.3 Å². The topological polar surface area (TPSA) is 61.0 Å². The lowest BCUT2D eigenvalue weighted by molar-refractivity contribution is -0.401. The molecule has 0 atom stereocenters. The molecule has 2 aromatic rings. The Hall–Kier alpha value is -1.85. The van der Waals surface area contributed by atoms with Gasteiger partial charge in [0.2, 0.25) is 6.20 Å². The Morgan fingerprint density at radius 3 is 2.56 bits per heavy atom. The molecule has 1 aromatic heterocycles. The van der Waals surface area contributed by atoms with E-state index in [1.165, 1.54) is 12.4 Å². The first-order valence-electron chi connectivity index (χ1n) is 4.88. The summed E-state index contributed by atoms with van der Waals surface area (Å²) in [4.78, 5) is 13.7. The fourth-order valence-corrected chi connectivity index (χ4v) is 1.75. The molecule has 0 bridgehead atoms.